The molecule has 84 valence electrons. The largest absolute Gasteiger partial charge is 0.361 e. The summed E-state index contributed by atoms with van der Waals surface area (Å²) in [5.74, 6) is 0.938. The number of rotatable bonds is 4. The van der Waals surface area contributed by atoms with E-state index in [9.17, 15) is 0 Å². The summed E-state index contributed by atoms with van der Waals surface area (Å²) in [5.41, 5.74) is 3.44. The molecule has 0 saturated heterocycles. The van der Waals surface area contributed by atoms with E-state index in [1.807, 2.05) is 6.07 Å². The fourth-order valence-corrected chi connectivity index (χ4v) is 1.75. The molecule has 0 saturated carbocycles. The van der Waals surface area contributed by atoms with Crippen molar-refractivity contribution in [3.63, 3.8) is 0 Å². The van der Waals surface area contributed by atoms with Gasteiger partial charge in [-0.3, -0.25) is 0 Å². The van der Waals surface area contributed by atoms with Gasteiger partial charge in [-0.25, -0.2) is 0 Å². The Labute approximate surface area is 96.3 Å². The van der Waals surface area contributed by atoms with Crippen LogP contribution >= 0.6 is 0 Å². The summed E-state index contributed by atoms with van der Waals surface area (Å²) in [6, 6.07) is 10.6. The second kappa shape index (κ2) is 4.97. The lowest BCUT2D eigenvalue weighted by Crippen LogP contribution is -1.83. The summed E-state index contributed by atoms with van der Waals surface area (Å²) >= 11 is 0. The first-order valence-corrected chi connectivity index (χ1v) is 5.88. The van der Waals surface area contributed by atoms with Crippen molar-refractivity contribution in [2.45, 2.75) is 33.1 Å². The Bertz CT molecular complexity index is 442. The zero-order chi connectivity index (χ0) is 11.4. The predicted octanol–water partition coefficient (Wildman–Crippen LogP) is 3.86. The molecule has 0 radical (unpaired) electrons. The van der Waals surface area contributed by atoms with Gasteiger partial charge >= 0.3 is 0 Å². The van der Waals surface area contributed by atoms with E-state index in [4.69, 9.17) is 4.52 Å². The minimum atomic E-state index is 0.890. The van der Waals surface area contributed by atoms with Crippen molar-refractivity contribution in [3.05, 3.63) is 41.7 Å². The van der Waals surface area contributed by atoms with Crippen molar-refractivity contribution in [1.29, 1.82) is 0 Å². The lowest BCUT2D eigenvalue weighted by Gasteiger charge is -1.99. The number of aromatic nitrogens is 1. The van der Waals surface area contributed by atoms with E-state index >= 15 is 0 Å². The molecular weight excluding hydrogens is 198 g/mol. The number of hydrogen-bond acceptors (Lipinski definition) is 2. The first kappa shape index (κ1) is 10.9. The summed E-state index contributed by atoms with van der Waals surface area (Å²) in [4.78, 5) is 0. The maximum Gasteiger partial charge on any atom is 0.137 e. The van der Waals surface area contributed by atoms with Crippen LogP contribution in [0.25, 0.3) is 11.3 Å². The summed E-state index contributed by atoms with van der Waals surface area (Å²) in [6.45, 7) is 4.26. The molecule has 2 heteroatoms. The van der Waals surface area contributed by atoms with Crippen LogP contribution < -0.4 is 0 Å². The van der Waals surface area contributed by atoms with Crippen LogP contribution in [0.4, 0.5) is 0 Å². The Morgan fingerprint density at radius 3 is 2.44 bits per heavy atom. The molecule has 0 amide bonds. The van der Waals surface area contributed by atoms with Crippen LogP contribution in [0.5, 0.6) is 0 Å². The van der Waals surface area contributed by atoms with Crippen LogP contribution in [-0.4, -0.2) is 5.16 Å². The number of aryl methyl sites for hydroxylation is 2. The minimum Gasteiger partial charge on any atom is -0.361 e. The highest BCUT2D eigenvalue weighted by molar-refractivity contribution is 5.59. The van der Waals surface area contributed by atoms with Crippen molar-refractivity contribution < 1.29 is 4.52 Å². The molecular formula is C14H17NO. The monoisotopic (exact) mass is 215 g/mol. The fourth-order valence-electron chi connectivity index (χ4n) is 1.75. The summed E-state index contributed by atoms with van der Waals surface area (Å²) in [6.07, 6.45) is 3.21. The number of nitrogens with zero attached hydrogens (tertiary/aromatic N) is 1. The number of benzene rings is 1. The molecule has 0 atom stereocenters. The Morgan fingerprint density at radius 1 is 1.12 bits per heavy atom. The molecule has 1 aromatic heterocycles. The summed E-state index contributed by atoms with van der Waals surface area (Å²) in [7, 11) is 0. The standard InChI is InChI=1S/C14H17NO/c1-3-5-11-6-8-12(9-7-11)14-10-13(4-2)16-15-14/h6-10H,3-5H2,1-2H3. The predicted molar refractivity (Wildman–Crippen MR) is 65.3 cm³/mol. The first-order chi connectivity index (χ1) is 7.83. The highest BCUT2D eigenvalue weighted by Crippen LogP contribution is 2.20. The molecule has 0 aliphatic heterocycles. The number of hydrogen-bond donors (Lipinski definition) is 0. The van der Waals surface area contributed by atoms with Crippen LogP contribution in [0.15, 0.2) is 34.9 Å². The van der Waals surface area contributed by atoms with E-state index in [0.717, 1.165) is 29.9 Å². The van der Waals surface area contributed by atoms with Crippen LogP contribution in [0.3, 0.4) is 0 Å². The molecule has 1 heterocycles. The molecule has 2 rings (SSSR count). The molecule has 0 spiro atoms. The molecule has 0 N–H and O–H groups in total. The van der Waals surface area contributed by atoms with E-state index in [2.05, 4.69) is 43.3 Å². The molecule has 0 aliphatic rings. The van der Waals surface area contributed by atoms with Gasteiger partial charge in [-0.05, 0) is 12.0 Å². The van der Waals surface area contributed by atoms with Crippen molar-refractivity contribution in [1.82, 2.24) is 5.16 Å². The van der Waals surface area contributed by atoms with E-state index in [1.165, 1.54) is 12.0 Å². The topological polar surface area (TPSA) is 26.0 Å². The lowest BCUT2D eigenvalue weighted by atomic mass is 10.1. The highest BCUT2D eigenvalue weighted by Gasteiger charge is 2.04. The van der Waals surface area contributed by atoms with Crippen LogP contribution in [-0.2, 0) is 12.8 Å². The molecule has 1 aromatic carbocycles. The van der Waals surface area contributed by atoms with Gasteiger partial charge in [0.2, 0.25) is 0 Å². The van der Waals surface area contributed by atoms with Crippen molar-refractivity contribution in [2.75, 3.05) is 0 Å². The van der Waals surface area contributed by atoms with Gasteiger partial charge in [0.15, 0.2) is 0 Å². The molecule has 0 bridgehead atoms. The molecule has 0 fully saturated rings. The van der Waals surface area contributed by atoms with Crippen LogP contribution in [0, 0.1) is 0 Å². The zero-order valence-corrected chi connectivity index (χ0v) is 9.86. The normalized spacial score (nSPS) is 10.6. The van der Waals surface area contributed by atoms with Crippen LogP contribution in [0.2, 0.25) is 0 Å². The Balaban J connectivity index is 2.20. The zero-order valence-electron chi connectivity index (χ0n) is 9.86. The van der Waals surface area contributed by atoms with Crippen LogP contribution in [0.1, 0.15) is 31.6 Å². The van der Waals surface area contributed by atoms with Gasteiger partial charge in [0, 0.05) is 18.1 Å². The van der Waals surface area contributed by atoms with Gasteiger partial charge in [-0.1, -0.05) is 49.7 Å². The van der Waals surface area contributed by atoms with Gasteiger partial charge < -0.3 is 4.52 Å². The van der Waals surface area contributed by atoms with Gasteiger partial charge in [-0.2, -0.15) is 0 Å². The molecule has 2 nitrogen and oxygen atoms in total. The lowest BCUT2D eigenvalue weighted by molar-refractivity contribution is 0.389. The fraction of sp³-hybridized carbons (Fsp3) is 0.357. The van der Waals surface area contributed by atoms with Crippen molar-refractivity contribution in [3.8, 4) is 11.3 Å². The maximum atomic E-state index is 5.20. The molecule has 0 unspecified atom stereocenters. The molecule has 2 aromatic rings. The minimum absolute atomic E-state index is 0.890. The van der Waals surface area contributed by atoms with Gasteiger partial charge in [0.05, 0.1) is 0 Å². The SMILES string of the molecule is CCCc1ccc(-c2cc(CC)on2)cc1. The Morgan fingerprint density at radius 2 is 1.88 bits per heavy atom. The van der Waals surface area contributed by atoms with E-state index in [-0.39, 0.29) is 0 Å². The third-order valence-electron chi connectivity index (χ3n) is 2.70. The Hall–Kier alpha value is -1.57. The molecule has 0 aliphatic carbocycles. The third kappa shape index (κ3) is 2.32. The highest BCUT2D eigenvalue weighted by atomic mass is 16.5. The van der Waals surface area contributed by atoms with Gasteiger partial charge in [0.1, 0.15) is 11.5 Å². The van der Waals surface area contributed by atoms with Gasteiger partial charge in [0.25, 0.3) is 0 Å². The van der Waals surface area contributed by atoms with Crippen molar-refractivity contribution >= 4 is 0 Å². The van der Waals surface area contributed by atoms with E-state index in [1.54, 1.807) is 0 Å². The maximum absolute atomic E-state index is 5.20. The van der Waals surface area contributed by atoms with E-state index in [0.29, 0.717) is 0 Å². The average molecular weight is 215 g/mol. The molecule has 16 heavy (non-hydrogen) atoms. The average Bonchev–Trinajstić information content (AvgIpc) is 2.79. The second-order valence-electron chi connectivity index (χ2n) is 3.98. The summed E-state index contributed by atoms with van der Waals surface area (Å²) < 4.78 is 5.20. The smallest absolute Gasteiger partial charge is 0.137 e. The third-order valence-corrected chi connectivity index (χ3v) is 2.70. The van der Waals surface area contributed by atoms with E-state index < -0.39 is 0 Å². The van der Waals surface area contributed by atoms with Crippen molar-refractivity contribution in [2.24, 2.45) is 0 Å². The van der Waals surface area contributed by atoms with Gasteiger partial charge in [-0.15, -0.1) is 0 Å². The quantitative estimate of drug-likeness (QED) is 0.774. The Kier molecular flexibility index (Phi) is 3.40. The summed E-state index contributed by atoms with van der Waals surface area (Å²) in [5, 5.41) is 4.06. The first-order valence-electron chi connectivity index (χ1n) is 5.88. The second-order valence-corrected chi connectivity index (χ2v) is 3.98.